The van der Waals surface area contributed by atoms with Crippen molar-refractivity contribution in [3.8, 4) is 5.75 Å². The second kappa shape index (κ2) is 6.75. The summed E-state index contributed by atoms with van der Waals surface area (Å²) in [5, 5.41) is 6.12. The van der Waals surface area contributed by atoms with Crippen LogP contribution in [0.5, 0.6) is 5.75 Å². The van der Waals surface area contributed by atoms with Crippen LogP contribution in [-0.2, 0) is 11.2 Å². The number of amides is 1. The van der Waals surface area contributed by atoms with Gasteiger partial charge in [0.15, 0.2) is 6.10 Å². The molecule has 2 N–H and O–H groups in total. The van der Waals surface area contributed by atoms with Gasteiger partial charge in [-0.05, 0) is 56.0 Å². The molecule has 1 aromatic carbocycles. The van der Waals surface area contributed by atoms with Crippen molar-refractivity contribution in [2.75, 3.05) is 13.6 Å². The smallest absolute Gasteiger partial charge is 0.260 e. The number of hydrogen-bond acceptors (Lipinski definition) is 3. The fourth-order valence-corrected chi connectivity index (χ4v) is 2.77. The maximum Gasteiger partial charge on any atom is 0.260 e. The maximum atomic E-state index is 11.5. The van der Waals surface area contributed by atoms with Crippen LogP contribution in [0.1, 0.15) is 43.9 Å². The van der Waals surface area contributed by atoms with Crippen LogP contribution in [-0.4, -0.2) is 25.6 Å². The van der Waals surface area contributed by atoms with E-state index >= 15 is 0 Å². The fourth-order valence-electron chi connectivity index (χ4n) is 2.77. The summed E-state index contributed by atoms with van der Waals surface area (Å²) in [5.74, 6) is 0.663. The second-order valence-electron chi connectivity index (χ2n) is 5.24. The van der Waals surface area contributed by atoms with E-state index < -0.39 is 6.10 Å². The summed E-state index contributed by atoms with van der Waals surface area (Å²) in [6.07, 6.45) is 3.04. The molecule has 20 heavy (non-hydrogen) atoms. The Kier molecular flexibility index (Phi) is 5.01. The molecule has 0 saturated carbocycles. The van der Waals surface area contributed by atoms with Crippen LogP contribution >= 0.6 is 0 Å². The van der Waals surface area contributed by atoms with Crippen LogP contribution in [0.3, 0.4) is 0 Å². The Balaban J connectivity index is 2.17. The Labute approximate surface area is 120 Å². The van der Waals surface area contributed by atoms with E-state index in [1.54, 1.807) is 14.0 Å². The largest absolute Gasteiger partial charge is 0.481 e. The molecular formula is C16H24N2O2. The molecule has 1 amide bonds. The third-order valence-electron chi connectivity index (χ3n) is 3.81. The number of carbonyl (C=O) groups excluding carboxylic acids is 1. The van der Waals surface area contributed by atoms with Crippen LogP contribution in [0.25, 0.3) is 0 Å². The van der Waals surface area contributed by atoms with E-state index in [0.29, 0.717) is 6.04 Å². The Morgan fingerprint density at radius 2 is 2.30 bits per heavy atom. The van der Waals surface area contributed by atoms with Gasteiger partial charge in [0.25, 0.3) is 5.91 Å². The highest BCUT2D eigenvalue weighted by atomic mass is 16.5. The average Bonchev–Trinajstić information content (AvgIpc) is 2.47. The molecule has 2 rings (SSSR count). The van der Waals surface area contributed by atoms with E-state index in [-0.39, 0.29) is 5.91 Å². The summed E-state index contributed by atoms with van der Waals surface area (Å²) >= 11 is 0. The summed E-state index contributed by atoms with van der Waals surface area (Å²) in [6, 6.07) is 6.58. The van der Waals surface area contributed by atoms with Gasteiger partial charge in [0.1, 0.15) is 5.75 Å². The highest BCUT2D eigenvalue weighted by molar-refractivity contribution is 5.80. The van der Waals surface area contributed by atoms with Crippen molar-refractivity contribution >= 4 is 5.91 Å². The molecule has 0 radical (unpaired) electrons. The van der Waals surface area contributed by atoms with E-state index in [9.17, 15) is 4.79 Å². The van der Waals surface area contributed by atoms with E-state index in [4.69, 9.17) is 4.74 Å². The number of nitrogens with one attached hydrogen (secondary N) is 2. The van der Waals surface area contributed by atoms with Gasteiger partial charge in [-0.2, -0.15) is 0 Å². The minimum absolute atomic E-state index is 0.106. The first-order valence-corrected chi connectivity index (χ1v) is 7.40. The van der Waals surface area contributed by atoms with Crippen molar-refractivity contribution in [2.24, 2.45) is 0 Å². The van der Waals surface area contributed by atoms with Crippen molar-refractivity contribution < 1.29 is 9.53 Å². The Hall–Kier alpha value is -1.55. The first kappa shape index (κ1) is 14.9. The number of rotatable bonds is 5. The lowest BCUT2D eigenvalue weighted by Crippen LogP contribution is -2.33. The van der Waals surface area contributed by atoms with Gasteiger partial charge in [0.05, 0.1) is 0 Å². The Bertz CT molecular complexity index is 474. The number of benzene rings is 1. The third-order valence-corrected chi connectivity index (χ3v) is 3.81. The van der Waals surface area contributed by atoms with Crippen LogP contribution in [0.15, 0.2) is 18.2 Å². The second-order valence-corrected chi connectivity index (χ2v) is 5.24. The minimum atomic E-state index is -0.473. The number of carbonyl (C=O) groups is 1. The zero-order valence-corrected chi connectivity index (χ0v) is 12.5. The van der Waals surface area contributed by atoms with E-state index in [1.165, 1.54) is 17.5 Å². The lowest BCUT2D eigenvalue weighted by atomic mass is 9.87. The van der Waals surface area contributed by atoms with Gasteiger partial charge < -0.3 is 15.4 Å². The Morgan fingerprint density at radius 3 is 3.00 bits per heavy atom. The molecule has 0 aliphatic heterocycles. The summed E-state index contributed by atoms with van der Waals surface area (Å²) in [7, 11) is 1.62. The van der Waals surface area contributed by atoms with Crippen molar-refractivity contribution in [1.82, 2.24) is 10.6 Å². The predicted molar refractivity (Wildman–Crippen MR) is 80.0 cm³/mol. The highest BCUT2D eigenvalue weighted by Gasteiger charge is 2.21. The molecule has 4 heteroatoms. The maximum absolute atomic E-state index is 11.5. The molecule has 4 nitrogen and oxygen atoms in total. The lowest BCUT2D eigenvalue weighted by molar-refractivity contribution is -0.126. The zero-order chi connectivity index (χ0) is 14.5. The average molecular weight is 276 g/mol. The van der Waals surface area contributed by atoms with Gasteiger partial charge in [-0.15, -0.1) is 0 Å². The monoisotopic (exact) mass is 276 g/mol. The zero-order valence-electron chi connectivity index (χ0n) is 12.5. The van der Waals surface area contributed by atoms with Gasteiger partial charge >= 0.3 is 0 Å². The summed E-state index contributed by atoms with van der Waals surface area (Å²) < 4.78 is 5.72. The molecule has 110 valence electrons. The normalized spacial score (nSPS) is 19.1. The summed E-state index contributed by atoms with van der Waals surface area (Å²) in [6.45, 7) is 4.85. The minimum Gasteiger partial charge on any atom is -0.481 e. The van der Waals surface area contributed by atoms with Crippen molar-refractivity contribution in [1.29, 1.82) is 0 Å². The first-order valence-electron chi connectivity index (χ1n) is 7.40. The quantitative estimate of drug-likeness (QED) is 0.866. The molecule has 1 aliphatic rings. The third kappa shape index (κ3) is 3.31. The lowest BCUT2D eigenvalue weighted by Gasteiger charge is -2.27. The van der Waals surface area contributed by atoms with Crippen molar-refractivity contribution in [3.05, 3.63) is 29.3 Å². The first-order chi connectivity index (χ1) is 9.65. The molecule has 0 saturated heterocycles. The van der Waals surface area contributed by atoms with Crippen LogP contribution in [0, 0.1) is 0 Å². The topological polar surface area (TPSA) is 50.4 Å². The molecule has 0 fully saturated rings. The number of likely N-dealkylation sites (N-methyl/N-ethyl adjacent to an activating group) is 1. The molecule has 2 unspecified atom stereocenters. The molecule has 0 heterocycles. The number of fused-ring (bicyclic) bond motifs is 1. The van der Waals surface area contributed by atoms with Crippen LogP contribution < -0.4 is 15.4 Å². The molecule has 0 spiro atoms. The van der Waals surface area contributed by atoms with Crippen LogP contribution in [0.2, 0.25) is 0 Å². The van der Waals surface area contributed by atoms with Gasteiger partial charge in [-0.1, -0.05) is 13.0 Å². The predicted octanol–water partition coefficient (Wildman–Crippen LogP) is 2.19. The number of aryl methyl sites for hydroxylation is 1. The molecule has 0 bridgehead atoms. The highest BCUT2D eigenvalue weighted by Crippen LogP contribution is 2.32. The van der Waals surface area contributed by atoms with Gasteiger partial charge in [-0.3, -0.25) is 4.79 Å². The van der Waals surface area contributed by atoms with Crippen molar-refractivity contribution in [2.45, 2.75) is 45.3 Å². The van der Waals surface area contributed by atoms with E-state index in [0.717, 1.165) is 25.1 Å². The number of ether oxygens (including phenoxy) is 1. The summed E-state index contributed by atoms with van der Waals surface area (Å²) in [4.78, 5) is 11.5. The van der Waals surface area contributed by atoms with Gasteiger partial charge in [-0.25, -0.2) is 0 Å². The molecule has 0 aromatic heterocycles. The van der Waals surface area contributed by atoms with Crippen molar-refractivity contribution in [3.63, 3.8) is 0 Å². The molecule has 1 aliphatic carbocycles. The molecule has 1 aromatic rings. The molecule has 2 atom stereocenters. The van der Waals surface area contributed by atoms with E-state index in [1.807, 2.05) is 6.07 Å². The SMILES string of the molecule is CCNC1CCCc2ccc(OC(C)C(=O)NC)cc21. The standard InChI is InChI=1S/C16H24N2O2/c1-4-18-15-7-5-6-12-8-9-13(10-14(12)15)20-11(2)16(19)17-3/h8-11,15,18H,4-7H2,1-3H3,(H,17,19). The number of hydrogen-bond donors (Lipinski definition) is 2. The van der Waals surface area contributed by atoms with Gasteiger partial charge in [0.2, 0.25) is 0 Å². The fraction of sp³-hybridized carbons (Fsp3) is 0.562. The summed E-state index contributed by atoms with van der Waals surface area (Å²) in [5.41, 5.74) is 2.71. The Morgan fingerprint density at radius 1 is 1.50 bits per heavy atom. The molecular weight excluding hydrogens is 252 g/mol. The van der Waals surface area contributed by atoms with E-state index in [2.05, 4.69) is 29.7 Å². The van der Waals surface area contributed by atoms with Crippen LogP contribution in [0.4, 0.5) is 0 Å². The van der Waals surface area contributed by atoms with Gasteiger partial charge in [0, 0.05) is 13.1 Å².